The fraction of sp³-hybridized carbons (Fsp3) is 0.450. The van der Waals surface area contributed by atoms with Crippen LogP contribution < -0.4 is 4.74 Å². The lowest BCUT2D eigenvalue weighted by Gasteiger charge is -2.35. The number of hydrogen-bond donors (Lipinski definition) is 0. The van der Waals surface area contributed by atoms with Gasteiger partial charge in [0.2, 0.25) is 0 Å². The molecule has 23 heavy (non-hydrogen) atoms. The average molecular weight is 310 g/mol. The Labute approximate surface area is 139 Å². The molecule has 0 N–H and O–H groups in total. The number of aryl methyl sites for hydroxylation is 2. The fourth-order valence-corrected chi connectivity index (χ4v) is 3.40. The molecule has 3 heteroatoms. The van der Waals surface area contributed by atoms with Gasteiger partial charge >= 0.3 is 0 Å². The summed E-state index contributed by atoms with van der Waals surface area (Å²) < 4.78 is 6.02. The molecule has 1 aliphatic rings. The number of benzene rings is 1. The molecule has 122 valence electrons. The lowest BCUT2D eigenvalue weighted by Crippen LogP contribution is -2.36. The average Bonchev–Trinajstić information content (AvgIpc) is 2.58. The molecule has 1 saturated heterocycles. The normalized spacial score (nSPS) is 18.8. The van der Waals surface area contributed by atoms with Crippen molar-refractivity contribution in [1.82, 2.24) is 9.88 Å². The van der Waals surface area contributed by atoms with Crippen molar-refractivity contribution in [3.63, 3.8) is 0 Å². The molecule has 3 nitrogen and oxygen atoms in total. The third-order valence-electron chi connectivity index (χ3n) is 4.61. The van der Waals surface area contributed by atoms with Crippen molar-refractivity contribution in [2.75, 3.05) is 19.7 Å². The standard InChI is InChI=1S/C20H26N2O/c1-16-9-10-20(17(2)15-16)23-14-13-22-12-6-4-8-19(22)18-7-3-5-11-21-18/h3,5,7,9-11,15,19H,4,6,8,12-14H2,1-2H3/t19-/m1/s1. The lowest BCUT2D eigenvalue weighted by atomic mass is 9.99. The van der Waals surface area contributed by atoms with Crippen LogP contribution in [0.25, 0.3) is 0 Å². The molecule has 1 aromatic carbocycles. The highest BCUT2D eigenvalue weighted by molar-refractivity contribution is 5.35. The monoisotopic (exact) mass is 310 g/mol. The molecule has 0 spiro atoms. The van der Waals surface area contributed by atoms with Gasteiger partial charge in [0.05, 0.1) is 11.7 Å². The topological polar surface area (TPSA) is 25.4 Å². The van der Waals surface area contributed by atoms with Crippen LogP contribution in [0.4, 0.5) is 0 Å². The third kappa shape index (κ3) is 4.11. The van der Waals surface area contributed by atoms with E-state index in [1.165, 1.54) is 36.1 Å². The van der Waals surface area contributed by atoms with Crippen molar-refractivity contribution in [3.05, 3.63) is 59.4 Å². The van der Waals surface area contributed by atoms with Crippen LogP contribution in [0.3, 0.4) is 0 Å². The molecule has 3 rings (SSSR count). The summed E-state index contributed by atoms with van der Waals surface area (Å²) in [5.41, 5.74) is 3.68. The molecule has 1 aromatic heterocycles. The Bertz CT molecular complexity index is 627. The van der Waals surface area contributed by atoms with Crippen LogP contribution in [0.1, 0.15) is 42.1 Å². The van der Waals surface area contributed by atoms with Gasteiger partial charge in [0, 0.05) is 12.7 Å². The van der Waals surface area contributed by atoms with Crippen LogP contribution in [0.15, 0.2) is 42.6 Å². The van der Waals surface area contributed by atoms with E-state index in [1.807, 2.05) is 12.3 Å². The number of pyridine rings is 1. The Morgan fingerprint density at radius 2 is 2.09 bits per heavy atom. The van der Waals surface area contributed by atoms with Gasteiger partial charge in [-0.1, -0.05) is 30.2 Å². The second-order valence-corrected chi connectivity index (χ2v) is 6.42. The Morgan fingerprint density at radius 3 is 2.87 bits per heavy atom. The molecule has 1 aliphatic heterocycles. The Morgan fingerprint density at radius 1 is 1.17 bits per heavy atom. The summed E-state index contributed by atoms with van der Waals surface area (Å²) in [6.07, 6.45) is 5.65. The second-order valence-electron chi connectivity index (χ2n) is 6.42. The number of aromatic nitrogens is 1. The van der Waals surface area contributed by atoms with Gasteiger partial charge in [-0.05, 0) is 57.0 Å². The Hall–Kier alpha value is -1.87. The first-order valence-corrected chi connectivity index (χ1v) is 8.59. The van der Waals surface area contributed by atoms with Gasteiger partial charge in [-0.15, -0.1) is 0 Å². The second kappa shape index (κ2) is 7.60. The van der Waals surface area contributed by atoms with Crippen LogP contribution in [0, 0.1) is 13.8 Å². The van der Waals surface area contributed by atoms with Crippen molar-refractivity contribution < 1.29 is 4.74 Å². The van der Waals surface area contributed by atoms with Crippen LogP contribution in [0.5, 0.6) is 5.75 Å². The zero-order valence-electron chi connectivity index (χ0n) is 14.2. The van der Waals surface area contributed by atoms with E-state index in [2.05, 4.69) is 54.1 Å². The number of ether oxygens (including phenoxy) is 1. The summed E-state index contributed by atoms with van der Waals surface area (Å²) in [5, 5.41) is 0. The van der Waals surface area contributed by atoms with Crippen LogP contribution in [-0.4, -0.2) is 29.6 Å². The quantitative estimate of drug-likeness (QED) is 0.823. The number of piperidine rings is 1. The summed E-state index contributed by atoms with van der Waals surface area (Å²) in [7, 11) is 0. The van der Waals surface area contributed by atoms with Crippen molar-refractivity contribution in [2.24, 2.45) is 0 Å². The molecule has 0 bridgehead atoms. The van der Waals surface area contributed by atoms with E-state index in [1.54, 1.807) is 0 Å². The minimum absolute atomic E-state index is 0.438. The molecular weight excluding hydrogens is 284 g/mol. The lowest BCUT2D eigenvalue weighted by molar-refractivity contribution is 0.120. The SMILES string of the molecule is Cc1ccc(OCCN2CCCC[C@@H]2c2ccccn2)c(C)c1. The summed E-state index contributed by atoms with van der Waals surface area (Å²) in [6, 6.07) is 13.0. The molecule has 0 amide bonds. The smallest absolute Gasteiger partial charge is 0.122 e. The Kier molecular flexibility index (Phi) is 5.29. The van der Waals surface area contributed by atoms with Crippen molar-refractivity contribution in [2.45, 2.75) is 39.2 Å². The van der Waals surface area contributed by atoms with Gasteiger partial charge in [-0.3, -0.25) is 9.88 Å². The molecular formula is C20H26N2O. The van der Waals surface area contributed by atoms with Crippen LogP contribution in [-0.2, 0) is 0 Å². The van der Waals surface area contributed by atoms with Gasteiger partial charge in [-0.25, -0.2) is 0 Å². The number of nitrogens with zero attached hydrogens (tertiary/aromatic N) is 2. The van der Waals surface area contributed by atoms with Crippen LogP contribution >= 0.6 is 0 Å². The molecule has 0 radical (unpaired) electrons. The van der Waals surface area contributed by atoms with E-state index >= 15 is 0 Å². The Balaban J connectivity index is 1.59. The molecule has 0 aliphatic carbocycles. The van der Waals surface area contributed by atoms with Crippen LogP contribution in [0.2, 0.25) is 0 Å². The van der Waals surface area contributed by atoms with Gasteiger partial charge in [0.25, 0.3) is 0 Å². The molecule has 0 unspecified atom stereocenters. The predicted molar refractivity (Wildman–Crippen MR) is 93.8 cm³/mol. The maximum atomic E-state index is 6.02. The van der Waals surface area contributed by atoms with E-state index in [4.69, 9.17) is 4.74 Å². The van der Waals surface area contributed by atoms with E-state index in [0.29, 0.717) is 6.04 Å². The molecule has 1 fully saturated rings. The first kappa shape index (κ1) is 16.0. The summed E-state index contributed by atoms with van der Waals surface area (Å²) >= 11 is 0. The summed E-state index contributed by atoms with van der Waals surface area (Å²) in [5.74, 6) is 1.00. The number of hydrogen-bond acceptors (Lipinski definition) is 3. The summed E-state index contributed by atoms with van der Waals surface area (Å²) in [4.78, 5) is 7.08. The molecule has 1 atom stereocenters. The minimum Gasteiger partial charge on any atom is -0.492 e. The van der Waals surface area contributed by atoms with E-state index in [0.717, 1.165) is 25.4 Å². The zero-order valence-corrected chi connectivity index (χ0v) is 14.2. The highest BCUT2D eigenvalue weighted by Gasteiger charge is 2.24. The zero-order chi connectivity index (χ0) is 16.1. The van der Waals surface area contributed by atoms with Gasteiger partial charge in [0.15, 0.2) is 0 Å². The number of rotatable bonds is 5. The largest absolute Gasteiger partial charge is 0.492 e. The van der Waals surface area contributed by atoms with Gasteiger partial charge < -0.3 is 4.74 Å². The first-order chi connectivity index (χ1) is 11.2. The van der Waals surface area contributed by atoms with Gasteiger partial charge in [-0.2, -0.15) is 0 Å². The summed E-state index contributed by atoms with van der Waals surface area (Å²) in [6.45, 7) is 7.04. The minimum atomic E-state index is 0.438. The van der Waals surface area contributed by atoms with E-state index in [-0.39, 0.29) is 0 Å². The highest BCUT2D eigenvalue weighted by Crippen LogP contribution is 2.29. The molecule has 2 aromatic rings. The first-order valence-electron chi connectivity index (χ1n) is 8.59. The van der Waals surface area contributed by atoms with Crippen molar-refractivity contribution in [1.29, 1.82) is 0 Å². The predicted octanol–water partition coefficient (Wildman–Crippen LogP) is 4.30. The molecule has 0 saturated carbocycles. The molecule has 2 heterocycles. The fourth-order valence-electron chi connectivity index (χ4n) is 3.40. The van der Waals surface area contributed by atoms with Crippen molar-refractivity contribution in [3.8, 4) is 5.75 Å². The van der Waals surface area contributed by atoms with Crippen molar-refractivity contribution >= 4 is 0 Å². The third-order valence-corrected chi connectivity index (χ3v) is 4.61. The number of likely N-dealkylation sites (tertiary alicyclic amines) is 1. The maximum Gasteiger partial charge on any atom is 0.122 e. The van der Waals surface area contributed by atoms with Gasteiger partial charge in [0.1, 0.15) is 12.4 Å². The van der Waals surface area contributed by atoms with E-state index < -0.39 is 0 Å². The maximum absolute atomic E-state index is 6.02. The highest BCUT2D eigenvalue weighted by atomic mass is 16.5. The van der Waals surface area contributed by atoms with E-state index in [9.17, 15) is 0 Å².